The molecule has 0 atom stereocenters. The number of carbonyl (C=O) groups is 1. The number of nitrogen functional groups attached to an aromatic ring is 1. The molecule has 128 valence electrons. The first-order chi connectivity index (χ1) is 11.3. The van der Waals surface area contributed by atoms with Crippen molar-refractivity contribution in [2.75, 3.05) is 12.8 Å². The topological polar surface area (TPSA) is 82.8 Å². The summed E-state index contributed by atoms with van der Waals surface area (Å²) in [7, 11) is 1.52. The van der Waals surface area contributed by atoms with Crippen molar-refractivity contribution in [3.8, 4) is 23.0 Å². The molecule has 0 heterocycles. The van der Waals surface area contributed by atoms with Gasteiger partial charge in [0.25, 0.3) is 0 Å². The zero-order valence-corrected chi connectivity index (χ0v) is 14.3. The average molecular weight is 330 g/mol. The number of nitrogens with one attached hydrogen (secondary N) is 1. The van der Waals surface area contributed by atoms with E-state index >= 15 is 0 Å². The van der Waals surface area contributed by atoms with Crippen molar-refractivity contribution in [1.29, 1.82) is 0 Å². The van der Waals surface area contributed by atoms with Gasteiger partial charge in [-0.25, -0.2) is 4.79 Å². The second kappa shape index (κ2) is 7.12. The molecule has 2 rings (SSSR count). The molecule has 0 saturated heterocycles. The highest BCUT2D eigenvalue weighted by Crippen LogP contribution is 2.34. The van der Waals surface area contributed by atoms with Crippen LogP contribution in [0.2, 0.25) is 0 Å². The second-order valence-electron chi connectivity index (χ2n) is 6.25. The third-order valence-electron chi connectivity index (χ3n) is 2.93. The number of ether oxygens (including phenoxy) is 3. The molecule has 0 saturated carbocycles. The van der Waals surface area contributed by atoms with Crippen molar-refractivity contribution in [3.63, 3.8) is 0 Å². The molecule has 0 radical (unpaired) electrons. The van der Waals surface area contributed by atoms with E-state index in [1.54, 1.807) is 42.5 Å². The van der Waals surface area contributed by atoms with Gasteiger partial charge in [-0.3, -0.25) is 0 Å². The van der Waals surface area contributed by atoms with E-state index in [9.17, 15) is 4.79 Å². The van der Waals surface area contributed by atoms with Crippen molar-refractivity contribution in [3.05, 3.63) is 42.5 Å². The van der Waals surface area contributed by atoms with E-state index in [0.29, 0.717) is 28.7 Å². The molecule has 6 nitrogen and oxygen atoms in total. The first kappa shape index (κ1) is 17.5. The van der Waals surface area contributed by atoms with Crippen LogP contribution in [0.5, 0.6) is 23.0 Å². The van der Waals surface area contributed by atoms with Crippen LogP contribution in [0.1, 0.15) is 20.8 Å². The van der Waals surface area contributed by atoms with E-state index in [0.717, 1.165) is 0 Å². The van der Waals surface area contributed by atoms with Crippen molar-refractivity contribution >= 4 is 11.8 Å². The van der Waals surface area contributed by atoms with Gasteiger partial charge in [-0.1, -0.05) is 0 Å². The van der Waals surface area contributed by atoms with Gasteiger partial charge in [-0.2, -0.15) is 0 Å². The Balaban J connectivity index is 2.12. The molecule has 1 amide bonds. The van der Waals surface area contributed by atoms with Crippen LogP contribution < -0.4 is 25.3 Å². The molecule has 0 bridgehead atoms. The standard InChI is InChI=1S/C18H22N2O4/c1-18(2,3)20-17(21)24-14-9-10-15(16(11-14)22-4)23-13-7-5-12(19)6-8-13/h5-11H,19H2,1-4H3,(H,20,21). The third kappa shape index (κ3) is 5.08. The molecular formula is C18H22N2O4. The maximum atomic E-state index is 11.8. The predicted molar refractivity (Wildman–Crippen MR) is 92.8 cm³/mol. The maximum absolute atomic E-state index is 11.8. The van der Waals surface area contributed by atoms with Crippen molar-refractivity contribution in [2.45, 2.75) is 26.3 Å². The molecule has 0 aliphatic carbocycles. The van der Waals surface area contributed by atoms with Gasteiger partial charge in [0.15, 0.2) is 11.5 Å². The molecule has 0 unspecified atom stereocenters. The number of methoxy groups -OCH3 is 1. The Bertz CT molecular complexity index is 706. The van der Waals surface area contributed by atoms with Crippen molar-refractivity contribution in [2.24, 2.45) is 0 Å². The number of carbonyl (C=O) groups excluding carboxylic acids is 1. The highest BCUT2D eigenvalue weighted by molar-refractivity contribution is 5.71. The molecule has 0 aromatic heterocycles. The number of hydrogen-bond acceptors (Lipinski definition) is 5. The minimum Gasteiger partial charge on any atom is -0.493 e. The van der Waals surface area contributed by atoms with Gasteiger partial charge in [0, 0.05) is 17.3 Å². The molecule has 0 spiro atoms. The van der Waals surface area contributed by atoms with Gasteiger partial charge in [0.2, 0.25) is 0 Å². The van der Waals surface area contributed by atoms with Gasteiger partial charge in [-0.15, -0.1) is 0 Å². The van der Waals surface area contributed by atoms with E-state index < -0.39 is 6.09 Å². The highest BCUT2D eigenvalue weighted by atomic mass is 16.6. The summed E-state index contributed by atoms with van der Waals surface area (Å²) < 4.78 is 16.3. The summed E-state index contributed by atoms with van der Waals surface area (Å²) in [5.74, 6) is 1.94. The summed E-state index contributed by atoms with van der Waals surface area (Å²) in [6.45, 7) is 5.62. The molecule has 2 aromatic rings. The number of nitrogens with two attached hydrogens (primary N) is 1. The van der Waals surface area contributed by atoms with E-state index in [2.05, 4.69) is 5.32 Å². The average Bonchev–Trinajstić information content (AvgIpc) is 2.49. The SMILES string of the molecule is COc1cc(OC(=O)NC(C)(C)C)ccc1Oc1ccc(N)cc1. The quantitative estimate of drug-likeness (QED) is 0.829. The number of anilines is 1. The van der Waals surface area contributed by atoms with Crippen LogP contribution in [0.25, 0.3) is 0 Å². The van der Waals surface area contributed by atoms with Gasteiger partial charge in [-0.05, 0) is 57.2 Å². The molecule has 0 fully saturated rings. The van der Waals surface area contributed by atoms with Crippen LogP contribution in [-0.2, 0) is 0 Å². The lowest BCUT2D eigenvalue weighted by Crippen LogP contribution is -2.42. The Morgan fingerprint density at radius 2 is 1.62 bits per heavy atom. The summed E-state index contributed by atoms with van der Waals surface area (Å²) in [4.78, 5) is 11.8. The second-order valence-corrected chi connectivity index (χ2v) is 6.25. The fourth-order valence-corrected chi connectivity index (χ4v) is 1.90. The van der Waals surface area contributed by atoms with Crippen LogP contribution in [-0.4, -0.2) is 18.7 Å². The Hall–Kier alpha value is -2.89. The number of hydrogen-bond donors (Lipinski definition) is 2. The maximum Gasteiger partial charge on any atom is 0.413 e. The summed E-state index contributed by atoms with van der Waals surface area (Å²) in [5.41, 5.74) is 5.93. The van der Waals surface area contributed by atoms with Gasteiger partial charge < -0.3 is 25.3 Å². The third-order valence-corrected chi connectivity index (χ3v) is 2.93. The zero-order valence-electron chi connectivity index (χ0n) is 14.3. The lowest BCUT2D eigenvalue weighted by Gasteiger charge is -2.20. The lowest BCUT2D eigenvalue weighted by molar-refractivity contribution is 0.190. The van der Waals surface area contributed by atoms with Crippen LogP contribution >= 0.6 is 0 Å². The zero-order chi connectivity index (χ0) is 17.7. The molecule has 2 aromatic carbocycles. The minimum absolute atomic E-state index is 0.359. The van der Waals surface area contributed by atoms with Gasteiger partial charge in [0.1, 0.15) is 11.5 Å². The van der Waals surface area contributed by atoms with Crippen molar-refractivity contribution in [1.82, 2.24) is 5.32 Å². The molecule has 24 heavy (non-hydrogen) atoms. The number of rotatable bonds is 4. The molecule has 3 N–H and O–H groups in total. The molecule has 6 heteroatoms. The highest BCUT2D eigenvalue weighted by Gasteiger charge is 2.16. The molecular weight excluding hydrogens is 308 g/mol. The van der Waals surface area contributed by atoms with Crippen LogP contribution in [0.15, 0.2) is 42.5 Å². The Morgan fingerprint density at radius 3 is 2.21 bits per heavy atom. The smallest absolute Gasteiger partial charge is 0.413 e. The van der Waals surface area contributed by atoms with Gasteiger partial charge >= 0.3 is 6.09 Å². The summed E-state index contributed by atoms with van der Waals surface area (Å²) in [5, 5.41) is 2.72. The monoisotopic (exact) mass is 330 g/mol. The lowest BCUT2D eigenvalue weighted by atomic mass is 10.1. The van der Waals surface area contributed by atoms with E-state index in [4.69, 9.17) is 19.9 Å². The van der Waals surface area contributed by atoms with E-state index in [1.165, 1.54) is 7.11 Å². The Labute approximate surface area is 141 Å². The van der Waals surface area contributed by atoms with Crippen LogP contribution in [0.4, 0.5) is 10.5 Å². The number of benzene rings is 2. The van der Waals surface area contributed by atoms with E-state index in [-0.39, 0.29) is 5.54 Å². The first-order valence-corrected chi connectivity index (χ1v) is 7.48. The first-order valence-electron chi connectivity index (χ1n) is 7.48. The van der Waals surface area contributed by atoms with Crippen LogP contribution in [0, 0.1) is 0 Å². The van der Waals surface area contributed by atoms with Crippen LogP contribution in [0.3, 0.4) is 0 Å². The van der Waals surface area contributed by atoms with Crippen molar-refractivity contribution < 1.29 is 19.0 Å². The molecule has 0 aliphatic heterocycles. The Kier molecular flexibility index (Phi) is 5.18. The normalized spacial score (nSPS) is 10.8. The van der Waals surface area contributed by atoms with Gasteiger partial charge in [0.05, 0.1) is 7.11 Å². The molecule has 0 aliphatic rings. The summed E-state index contributed by atoms with van der Waals surface area (Å²) in [6.07, 6.45) is -0.531. The minimum atomic E-state index is -0.531. The van der Waals surface area contributed by atoms with E-state index in [1.807, 2.05) is 20.8 Å². The number of amides is 1. The fraction of sp³-hybridized carbons (Fsp3) is 0.278. The summed E-state index contributed by atoms with van der Waals surface area (Å²) >= 11 is 0. The predicted octanol–water partition coefficient (Wildman–Crippen LogP) is 3.96. The largest absolute Gasteiger partial charge is 0.493 e. The Morgan fingerprint density at radius 1 is 1.00 bits per heavy atom. The fourth-order valence-electron chi connectivity index (χ4n) is 1.90. The summed E-state index contributed by atoms with van der Waals surface area (Å²) in [6, 6.07) is 11.9.